The third kappa shape index (κ3) is 4.64. The number of benzene rings is 1. The molecule has 0 radical (unpaired) electrons. The first kappa shape index (κ1) is 14.9. The summed E-state index contributed by atoms with van der Waals surface area (Å²) in [6, 6.07) is 7.41. The number of carbonyl (C=O) groups excluding carboxylic acids is 1. The topological polar surface area (TPSA) is 52.3 Å². The van der Waals surface area contributed by atoms with Crippen molar-refractivity contribution in [2.75, 3.05) is 0 Å². The highest BCUT2D eigenvalue weighted by atomic mass is 35.5. The molecule has 90 valence electrons. The number of carbonyl (C=O) groups is 1. The highest BCUT2D eigenvalue weighted by Gasteiger charge is 2.05. The van der Waals surface area contributed by atoms with E-state index in [9.17, 15) is 4.79 Å². The molecule has 1 rings (SSSR count). The molecular weight excluding hydrogens is 226 g/mol. The Morgan fingerprint density at radius 3 is 2.38 bits per heavy atom. The van der Waals surface area contributed by atoms with Gasteiger partial charge in [0.05, 0.1) is 0 Å². The van der Waals surface area contributed by atoms with E-state index in [0.717, 1.165) is 18.4 Å². The van der Waals surface area contributed by atoms with Crippen molar-refractivity contribution in [1.82, 2.24) is 0 Å². The fourth-order valence-electron chi connectivity index (χ4n) is 1.43. The minimum absolute atomic E-state index is 0. The second-order valence-electron chi connectivity index (χ2n) is 3.56. The van der Waals surface area contributed by atoms with Crippen LogP contribution in [0.1, 0.15) is 38.3 Å². The van der Waals surface area contributed by atoms with Crippen LogP contribution in [0.3, 0.4) is 0 Å². The van der Waals surface area contributed by atoms with Gasteiger partial charge in [0.1, 0.15) is 5.75 Å². The molecule has 0 spiro atoms. The van der Waals surface area contributed by atoms with Crippen LogP contribution in [0.4, 0.5) is 0 Å². The van der Waals surface area contributed by atoms with Gasteiger partial charge in [0.25, 0.3) is 0 Å². The summed E-state index contributed by atoms with van der Waals surface area (Å²) in [5, 5.41) is 0. The van der Waals surface area contributed by atoms with E-state index in [1.54, 1.807) is 12.1 Å². The lowest BCUT2D eigenvalue weighted by molar-refractivity contribution is -0.131. The van der Waals surface area contributed by atoms with E-state index in [1.165, 1.54) is 6.92 Å². The molecule has 3 nitrogen and oxygen atoms in total. The number of halogens is 1. The average Bonchev–Trinajstić information content (AvgIpc) is 2.18. The monoisotopic (exact) mass is 243 g/mol. The van der Waals surface area contributed by atoms with E-state index >= 15 is 0 Å². The van der Waals surface area contributed by atoms with E-state index in [0.29, 0.717) is 5.75 Å². The fourth-order valence-corrected chi connectivity index (χ4v) is 1.43. The predicted octanol–water partition coefficient (Wildman–Crippen LogP) is 2.83. The molecule has 0 aromatic heterocycles. The van der Waals surface area contributed by atoms with Crippen LogP contribution in [-0.4, -0.2) is 5.97 Å². The molecule has 2 N–H and O–H groups in total. The van der Waals surface area contributed by atoms with Gasteiger partial charge in [-0.3, -0.25) is 4.79 Å². The van der Waals surface area contributed by atoms with Crippen LogP contribution in [0.2, 0.25) is 0 Å². The van der Waals surface area contributed by atoms with Gasteiger partial charge in [-0.2, -0.15) is 0 Å². The molecule has 1 aromatic carbocycles. The molecular formula is C12H18ClNO2. The number of hydrogen-bond donors (Lipinski definition) is 1. The fraction of sp³-hybridized carbons (Fsp3) is 0.417. The highest BCUT2D eigenvalue weighted by molar-refractivity contribution is 5.85. The maximum absolute atomic E-state index is 10.7. The predicted molar refractivity (Wildman–Crippen MR) is 66.8 cm³/mol. The first-order valence-corrected chi connectivity index (χ1v) is 5.17. The molecule has 0 heterocycles. The minimum Gasteiger partial charge on any atom is -0.427 e. The Morgan fingerprint density at radius 1 is 1.38 bits per heavy atom. The second-order valence-corrected chi connectivity index (χ2v) is 3.56. The molecule has 16 heavy (non-hydrogen) atoms. The van der Waals surface area contributed by atoms with Gasteiger partial charge in [-0.1, -0.05) is 25.5 Å². The van der Waals surface area contributed by atoms with E-state index in [-0.39, 0.29) is 24.4 Å². The number of hydrogen-bond acceptors (Lipinski definition) is 3. The second kappa shape index (κ2) is 7.25. The molecule has 0 fully saturated rings. The molecule has 0 amide bonds. The van der Waals surface area contributed by atoms with Crippen LogP contribution >= 0.6 is 12.4 Å². The zero-order valence-corrected chi connectivity index (χ0v) is 10.4. The van der Waals surface area contributed by atoms with Gasteiger partial charge in [-0.25, -0.2) is 0 Å². The lowest BCUT2D eigenvalue weighted by atomic mass is 10.0. The van der Waals surface area contributed by atoms with Gasteiger partial charge < -0.3 is 10.5 Å². The van der Waals surface area contributed by atoms with Crippen molar-refractivity contribution in [2.45, 2.75) is 32.7 Å². The summed E-state index contributed by atoms with van der Waals surface area (Å²) in [6.07, 6.45) is 2.03. The molecule has 4 heteroatoms. The third-order valence-corrected chi connectivity index (χ3v) is 2.17. The van der Waals surface area contributed by atoms with Crippen molar-refractivity contribution >= 4 is 18.4 Å². The summed E-state index contributed by atoms with van der Waals surface area (Å²) in [5.74, 6) is 0.260. The molecule has 0 saturated carbocycles. The summed E-state index contributed by atoms with van der Waals surface area (Å²) >= 11 is 0. The number of rotatable bonds is 4. The van der Waals surface area contributed by atoms with Crippen LogP contribution in [0.5, 0.6) is 5.75 Å². The minimum atomic E-state index is -0.305. The van der Waals surface area contributed by atoms with Gasteiger partial charge in [0.2, 0.25) is 0 Å². The van der Waals surface area contributed by atoms with Crippen LogP contribution in [-0.2, 0) is 4.79 Å². The van der Waals surface area contributed by atoms with E-state index in [4.69, 9.17) is 10.5 Å². The van der Waals surface area contributed by atoms with E-state index < -0.39 is 0 Å². The summed E-state index contributed by atoms with van der Waals surface area (Å²) < 4.78 is 4.93. The van der Waals surface area contributed by atoms with E-state index in [1.807, 2.05) is 12.1 Å². The third-order valence-electron chi connectivity index (χ3n) is 2.17. The summed E-state index contributed by atoms with van der Waals surface area (Å²) in [6.45, 7) is 3.49. The van der Waals surface area contributed by atoms with Crippen LogP contribution < -0.4 is 10.5 Å². The molecule has 0 unspecified atom stereocenters. The summed E-state index contributed by atoms with van der Waals surface area (Å²) in [7, 11) is 0. The van der Waals surface area contributed by atoms with Gasteiger partial charge >= 0.3 is 5.97 Å². The van der Waals surface area contributed by atoms with E-state index in [2.05, 4.69) is 6.92 Å². The summed E-state index contributed by atoms with van der Waals surface area (Å²) in [5.41, 5.74) is 7.03. The Morgan fingerprint density at radius 2 is 1.94 bits per heavy atom. The Hall–Kier alpha value is -1.06. The normalized spacial score (nSPS) is 11.4. The van der Waals surface area contributed by atoms with Gasteiger partial charge in [-0.05, 0) is 24.1 Å². The van der Waals surface area contributed by atoms with Gasteiger partial charge in [0.15, 0.2) is 0 Å². The standard InChI is InChI=1S/C12H17NO2.ClH/c1-3-4-12(13)10-5-7-11(8-6-10)15-9(2)14;/h5-8,12H,3-4,13H2,1-2H3;1H/t12-;/m0./s1. The lowest BCUT2D eigenvalue weighted by Gasteiger charge is -2.10. The molecule has 1 atom stereocenters. The Labute approximate surface area is 102 Å². The first-order valence-electron chi connectivity index (χ1n) is 5.17. The molecule has 0 aliphatic rings. The Balaban J connectivity index is 0.00000225. The molecule has 0 aliphatic heterocycles. The van der Waals surface area contributed by atoms with Crippen LogP contribution in [0, 0.1) is 0 Å². The van der Waals surface area contributed by atoms with Crippen molar-refractivity contribution in [3.63, 3.8) is 0 Å². The van der Waals surface area contributed by atoms with Crippen molar-refractivity contribution < 1.29 is 9.53 Å². The number of ether oxygens (including phenoxy) is 1. The molecule has 0 saturated heterocycles. The van der Waals surface area contributed by atoms with Crippen molar-refractivity contribution in [3.8, 4) is 5.75 Å². The molecule has 0 aliphatic carbocycles. The summed E-state index contributed by atoms with van der Waals surface area (Å²) in [4.78, 5) is 10.7. The highest BCUT2D eigenvalue weighted by Crippen LogP contribution is 2.19. The van der Waals surface area contributed by atoms with Gasteiger partial charge in [0, 0.05) is 13.0 Å². The van der Waals surface area contributed by atoms with Gasteiger partial charge in [-0.15, -0.1) is 12.4 Å². The Kier molecular flexibility index (Phi) is 6.77. The lowest BCUT2D eigenvalue weighted by Crippen LogP contribution is -2.09. The Bertz CT molecular complexity index is 324. The van der Waals surface area contributed by atoms with Crippen molar-refractivity contribution in [2.24, 2.45) is 5.73 Å². The zero-order valence-electron chi connectivity index (χ0n) is 9.60. The average molecular weight is 244 g/mol. The zero-order chi connectivity index (χ0) is 11.3. The maximum atomic E-state index is 10.7. The largest absolute Gasteiger partial charge is 0.427 e. The first-order chi connectivity index (χ1) is 7.13. The quantitative estimate of drug-likeness (QED) is 0.654. The number of esters is 1. The van der Waals surface area contributed by atoms with Crippen LogP contribution in [0.25, 0.3) is 0 Å². The van der Waals surface area contributed by atoms with Crippen molar-refractivity contribution in [3.05, 3.63) is 29.8 Å². The van der Waals surface area contributed by atoms with Crippen LogP contribution in [0.15, 0.2) is 24.3 Å². The SMILES string of the molecule is CCC[C@H](N)c1ccc(OC(C)=O)cc1.Cl. The smallest absolute Gasteiger partial charge is 0.308 e. The molecule has 1 aromatic rings. The maximum Gasteiger partial charge on any atom is 0.308 e. The van der Waals surface area contributed by atoms with Crippen molar-refractivity contribution in [1.29, 1.82) is 0 Å². The number of nitrogens with two attached hydrogens (primary N) is 1. The molecule has 0 bridgehead atoms.